The Morgan fingerprint density at radius 2 is 1.74 bits per heavy atom. The Kier molecular flexibility index (Phi) is 5.85. The Balaban J connectivity index is 2.51. The molecule has 1 rings (SSSR count). The second-order valence-electron chi connectivity index (χ2n) is 5.44. The molecule has 0 aromatic heterocycles. The number of nitrogens with zero attached hydrogens (tertiary/aromatic N) is 2. The van der Waals surface area contributed by atoms with Gasteiger partial charge < -0.3 is 10.2 Å². The third-order valence-corrected chi connectivity index (χ3v) is 3.26. The summed E-state index contributed by atoms with van der Waals surface area (Å²) in [6, 6.07) is 10.9. The summed E-state index contributed by atoms with van der Waals surface area (Å²) in [7, 11) is 0. The van der Waals surface area contributed by atoms with E-state index in [1.807, 2.05) is 13.8 Å². The zero-order valence-corrected chi connectivity index (χ0v) is 12.5. The number of benzene rings is 1. The van der Waals surface area contributed by atoms with Gasteiger partial charge in [0.05, 0.1) is 11.5 Å². The lowest BCUT2D eigenvalue weighted by atomic mass is 9.96. The molecule has 0 heterocycles. The van der Waals surface area contributed by atoms with Gasteiger partial charge in [0.15, 0.2) is 0 Å². The van der Waals surface area contributed by atoms with Crippen molar-refractivity contribution in [1.29, 1.82) is 5.26 Å². The molecule has 0 spiro atoms. The Morgan fingerprint density at radius 1 is 1.16 bits per heavy atom. The summed E-state index contributed by atoms with van der Waals surface area (Å²) < 4.78 is 0. The third kappa shape index (κ3) is 4.92. The molecule has 0 aliphatic rings. The second-order valence-corrected chi connectivity index (χ2v) is 5.44. The lowest BCUT2D eigenvalue weighted by molar-refractivity contribution is 0.445. The molecule has 0 atom stereocenters. The third-order valence-electron chi connectivity index (χ3n) is 3.26. The van der Waals surface area contributed by atoms with Gasteiger partial charge in [0.1, 0.15) is 0 Å². The Hall–Kier alpha value is -1.53. The predicted molar refractivity (Wildman–Crippen MR) is 81.1 cm³/mol. The zero-order valence-electron chi connectivity index (χ0n) is 12.5. The minimum absolute atomic E-state index is 0.304. The van der Waals surface area contributed by atoms with E-state index in [4.69, 9.17) is 5.26 Å². The topological polar surface area (TPSA) is 39.1 Å². The molecule has 0 radical (unpaired) electrons. The summed E-state index contributed by atoms with van der Waals surface area (Å²) >= 11 is 0. The minimum atomic E-state index is -0.304. The molecule has 3 nitrogen and oxygen atoms in total. The summed E-state index contributed by atoms with van der Waals surface area (Å²) in [4.78, 5) is 2.33. The molecule has 3 heteroatoms. The van der Waals surface area contributed by atoms with Crippen molar-refractivity contribution in [3.63, 3.8) is 0 Å². The molecule has 0 unspecified atom stereocenters. The van der Waals surface area contributed by atoms with Crippen LogP contribution in [0.25, 0.3) is 0 Å². The maximum Gasteiger partial charge on any atom is 0.0697 e. The van der Waals surface area contributed by atoms with Crippen molar-refractivity contribution in [2.45, 2.75) is 34.2 Å². The van der Waals surface area contributed by atoms with Crippen molar-refractivity contribution in [2.75, 3.05) is 24.5 Å². The number of hydrogen-bond donors (Lipinski definition) is 1. The van der Waals surface area contributed by atoms with E-state index in [1.54, 1.807) is 0 Å². The van der Waals surface area contributed by atoms with Crippen LogP contribution in [0.1, 0.15) is 33.3 Å². The van der Waals surface area contributed by atoms with Crippen molar-refractivity contribution in [3.05, 3.63) is 29.8 Å². The SMILES string of the molecule is CCN(CC)c1ccc(CNCC(C)(C)C#N)cc1. The predicted octanol–water partition coefficient (Wildman–Crippen LogP) is 3.17. The molecule has 0 saturated carbocycles. The molecule has 104 valence electrons. The molecule has 19 heavy (non-hydrogen) atoms. The second kappa shape index (κ2) is 7.16. The highest BCUT2D eigenvalue weighted by atomic mass is 15.1. The maximum atomic E-state index is 8.95. The van der Waals surface area contributed by atoms with Crippen LogP contribution < -0.4 is 10.2 Å². The number of nitrogens with one attached hydrogen (secondary N) is 1. The highest BCUT2D eigenvalue weighted by molar-refractivity contribution is 5.47. The Bertz CT molecular complexity index is 411. The standard InChI is InChI=1S/C16H25N3/c1-5-19(6-2)15-9-7-14(8-10-15)11-18-13-16(3,4)12-17/h7-10,18H,5-6,11,13H2,1-4H3. The van der Waals surface area contributed by atoms with Crippen molar-refractivity contribution >= 4 is 5.69 Å². The van der Waals surface area contributed by atoms with Gasteiger partial charge in [0.25, 0.3) is 0 Å². The first-order chi connectivity index (χ1) is 9.02. The molecular formula is C16H25N3. The molecule has 1 N–H and O–H groups in total. The summed E-state index contributed by atoms with van der Waals surface area (Å²) in [5.74, 6) is 0. The van der Waals surface area contributed by atoms with E-state index in [2.05, 4.69) is 54.4 Å². The van der Waals surface area contributed by atoms with Gasteiger partial charge in [-0.25, -0.2) is 0 Å². The molecule has 0 saturated heterocycles. The lowest BCUT2D eigenvalue weighted by Crippen LogP contribution is -2.27. The first-order valence-corrected chi connectivity index (χ1v) is 6.98. The fourth-order valence-electron chi connectivity index (χ4n) is 1.97. The smallest absolute Gasteiger partial charge is 0.0697 e. The van der Waals surface area contributed by atoms with E-state index in [0.29, 0.717) is 6.54 Å². The number of nitriles is 1. The van der Waals surface area contributed by atoms with Crippen molar-refractivity contribution in [3.8, 4) is 6.07 Å². The summed E-state index contributed by atoms with van der Waals surface area (Å²) in [6.07, 6.45) is 0. The van der Waals surface area contributed by atoms with Gasteiger partial charge in [0.2, 0.25) is 0 Å². The highest BCUT2D eigenvalue weighted by Crippen LogP contribution is 2.15. The van der Waals surface area contributed by atoms with E-state index in [9.17, 15) is 0 Å². The molecule has 0 fully saturated rings. The summed E-state index contributed by atoms with van der Waals surface area (Å²) in [6.45, 7) is 11.8. The molecule has 0 bridgehead atoms. The van der Waals surface area contributed by atoms with Crippen molar-refractivity contribution in [2.24, 2.45) is 5.41 Å². The molecule has 0 aliphatic carbocycles. The van der Waals surface area contributed by atoms with Crippen LogP contribution in [0.3, 0.4) is 0 Å². The largest absolute Gasteiger partial charge is 0.372 e. The van der Waals surface area contributed by atoms with E-state index in [1.165, 1.54) is 11.3 Å². The molecule has 1 aromatic carbocycles. The first-order valence-electron chi connectivity index (χ1n) is 6.98. The van der Waals surface area contributed by atoms with Gasteiger partial charge in [-0.05, 0) is 45.4 Å². The maximum absolute atomic E-state index is 8.95. The fourth-order valence-corrected chi connectivity index (χ4v) is 1.97. The minimum Gasteiger partial charge on any atom is -0.372 e. The van der Waals surface area contributed by atoms with E-state index in [0.717, 1.165) is 19.6 Å². The Labute approximate surface area is 117 Å². The lowest BCUT2D eigenvalue weighted by Gasteiger charge is -2.21. The van der Waals surface area contributed by atoms with Crippen LogP contribution in [0.5, 0.6) is 0 Å². The average Bonchev–Trinajstić information content (AvgIpc) is 2.42. The first kappa shape index (κ1) is 15.5. The van der Waals surface area contributed by atoms with Crippen LogP contribution in [0.15, 0.2) is 24.3 Å². The Morgan fingerprint density at radius 3 is 2.21 bits per heavy atom. The summed E-state index contributed by atoms with van der Waals surface area (Å²) in [5, 5.41) is 12.3. The van der Waals surface area contributed by atoms with Crippen LogP contribution in [0.4, 0.5) is 5.69 Å². The highest BCUT2D eigenvalue weighted by Gasteiger charge is 2.15. The van der Waals surface area contributed by atoms with Gasteiger partial charge in [-0.3, -0.25) is 0 Å². The van der Waals surface area contributed by atoms with Crippen LogP contribution in [-0.2, 0) is 6.54 Å². The average molecular weight is 259 g/mol. The van der Waals surface area contributed by atoms with E-state index in [-0.39, 0.29) is 5.41 Å². The van der Waals surface area contributed by atoms with Gasteiger partial charge in [-0.1, -0.05) is 12.1 Å². The van der Waals surface area contributed by atoms with Crippen LogP contribution in [0, 0.1) is 16.7 Å². The summed E-state index contributed by atoms with van der Waals surface area (Å²) in [5.41, 5.74) is 2.22. The number of anilines is 1. The molecule has 1 aromatic rings. The molecule has 0 amide bonds. The van der Waals surface area contributed by atoms with Crippen LogP contribution in [-0.4, -0.2) is 19.6 Å². The zero-order chi connectivity index (χ0) is 14.3. The monoisotopic (exact) mass is 259 g/mol. The van der Waals surface area contributed by atoms with Crippen molar-refractivity contribution in [1.82, 2.24) is 5.32 Å². The van der Waals surface area contributed by atoms with E-state index < -0.39 is 0 Å². The van der Waals surface area contributed by atoms with Gasteiger partial charge >= 0.3 is 0 Å². The van der Waals surface area contributed by atoms with Gasteiger partial charge in [-0.2, -0.15) is 5.26 Å². The van der Waals surface area contributed by atoms with Crippen LogP contribution >= 0.6 is 0 Å². The van der Waals surface area contributed by atoms with E-state index >= 15 is 0 Å². The van der Waals surface area contributed by atoms with Gasteiger partial charge in [0, 0.05) is 31.9 Å². The molecular weight excluding hydrogens is 234 g/mol. The quantitative estimate of drug-likeness (QED) is 0.817. The molecule has 0 aliphatic heterocycles. The fraction of sp³-hybridized carbons (Fsp3) is 0.562. The van der Waals surface area contributed by atoms with Crippen molar-refractivity contribution < 1.29 is 0 Å². The van der Waals surface area contributed by atoms with Gasteiger partial charge in [-0.15, -0.1) is 0 Å². The van der Waals surface area contributed by atoms with Crippen LogP contribution in [0.2, 0.25) is 0 Å². The number of rotatable bonds is 7. The normalized spacial score (nSPS) is 11.1. The number of hydrogen-bond acceptors (Lipinski definition) is 3.